The number of carbonyl (C=O) groups is 1. The first kappa shape index (κ1) is 14.4. The fourth-order valence-corrected chi connectivity index (χ4v) is 2.99. The van der Waals surface area contributed by atoms with Crippen molar-refractivity contribution in [3.05, 3.63) is 11.6 Å². The molecule has 2 rings (SSSR count). The Morgan fingerprint density at radius 2 is 1.89 bits per heavy atom. The van der Waals surface area contributed by atoms with Crippen molar-refractivity contribution in [1.82, 2.24) is 5.32 Å². The number of hydrogen-bond acceptors (Lipinski definition) is 3. The fraction of sp³-hybridized carbons (Fsp3) is 0.800. The molecule has 0 aromatic rings. The third kappa shape index (κ3) is 2.16. The molecule has 0 aromatic heterocycles. The lowest BCUT2D eigenvalue weighted by Crippen LogP contribution is -2.41. The summed E-state index contributed by atoms with van der Waals surface area (Å²) >= 11 is 0. The standard InChI is InChI=1S/C15H25NO3/c1-12(2,3)19-11(17)16-8-7-13(4,5)15(18)10-9-14(10,15)6/h9,18H,7-8H2,1-6H3,(H,16,17)/t14-,15+/m1/s1. The molecule has 19 heavy (non-hydrogen) atoms. The summed E-state index contributed by atoms with van der Waals surface area (Å²) in [6.45, 7) is 12.2. The summed E-state index contributed by atoms with van der Waals surface area (Å²) in [5, 5.41) is 13.3. The minimum atomic E-state index is -0.671. The number of aliphatic hydroxyl groups is 1. The quantitative estimate of drug-likeness (QED) is 0.770. The van der Waals surface area contributed by atoms with E-state index in [4.69, 9.17) is 4.74 Å². The van der Waals surface area contributed by atoms with Crippen LogP contribution in [0.3, 0.4) is 0 Å². The van der Waals surface area contributed by atoms with Gasteiger partial charge in [0.2, 0.25) is 0 Å². The Labute approximate surface area is 115 Å². The molecular weight excluding hydrogens is 242 g/mol. The van der Waals surface area contributed by atoms with Crippen LogP contribution in [0.2, 0.25) is 0 Å². The van der Waals surface area contributed by atoms with Gasteiger partial charge in [-0.1, -0.05) is 19.9 Å². The van der Waals surface area contributed by atoms with Gasteiger partial charge in [0.25, 0.3) is 0 Å². The highest BCUT2D eigenvalue weighted by molar-refractivity contribution is 5.70. The zero-order valence-electron chi connectivity index (χ0n) is 12.8. The van der Waals surface area contributed by atoms with Crippen molar-refractivity contribution in [3.8, 4) is 0 Å². The van der Waals surface area contributed by atoms with Crippen LogP contribution in [0.15, 0.2) is 11.6 Å². The summed E-state index contributed by atoms with van der Waals surface area (Å²) in [5.74, 6) is 0. The molecule has 4 nitrogen and oxygen atoms in total. The highest BCUT2D eigenvalue weighted by atomic mass is 16.6. The summed E-state index contributed by atoms with van der Waals surface area (Å²) in [6.07, 6.45) is 2.42. The van der Waals surface area contributed by atoms with E-state index in [1.807, 2.05) is 34.6 Å². The maximum Gasteiger partial charge on any atom is 0.407 e. The van der Waals surface area contributed by atoms with E-state index in [-0.39, 0.29) is 10.8 Å². The lowest BCUT2D eigenvalue weighted by atomic mass is 9.75. The largest absolute Gasteiger partial charge is 0.444 e. The molecule has 1 saturated carbocycles. The molecule has 2 aliphatic rings. The van der Waals surface area contributed by atoms with Gasteiger partial charge in [0.05, 0.1) is 0 Å². The number of ether oxygens (including phenoxy) is 1. The maximum atomic E-state index is 11.5. The number of fused-ring (bicyclic) bond motifs is 1. The predicted octanol–water partition coefficient (Wildman–Crippen LogP) is 2.62. The van der Waals surface area contributed by atoms with Crippen LogP contribution < -0.4 is 5.32 Å². The highest BCUT2D eigenvalue weighted by Gasteiger charge is 2.82. The van der Waals surface area contributed by atoms with Crippen molar-refractivity contribution < 1.29 is 14.6 Å². The van der Waals surface area contributed by atoms with Crippen LogP contribution in [-0.2, 0) is 4.74 Å². The predicted molar refractivity (Wildman–Crippen MR) is 73.8 cm³/mol. The molecule has 1 fully saturated rings. The average Bonchev–Trinajstić information content (AvgIpc) is 3.00. The topological polar surface area (TPSA) is 58.6 Å². The second kappa shape index (κ2) is 3.75. The molecule has 0 aromatic carbocycles. The molecule has 2 N–H and O–H groups in total. The van der Waals surface area contributed by atoms with Crippen molar-refractivity contribution in [2.75, 3.05) is 6.54 Å². The fourth-order valence-electron chi connectivity index (χ4n) is 2.99. The van der Waals surface area contributed by atoms with Crippen molar-refractivity contribution in [1.29, 1.82) is 0 Å². The van der Waals surface area contributed by atoms with Crippen LogP contribution in [0, 0.1) is 10.8 Å². The average molecular weight is 267 g/mol. The Kier molecular flexibility index (Phi) is 2.84. The second-order valence-electron chi connectivity index (χ2n) is 7.53. The van der Waals surface area contributed by atoms with E-state index in [1.165, 1.54) is 0 Å². The summed E-state index contributed by atoms with van der Waals surface area (Å²) in [5.41, 5.74) is -0.296. The molecule has 4 heteroatoms. The highest BCUT2D eigenvalue weighted by Crippen LogP contribution is 2.80. The van der Waals surface area contributed by atoms with Gasteiger partial charge in [-0.3, -0.25) is 0 Å². The molecule has 1 amide bonds. The van der Waals surface area contributed by atoms with Crippen LogP contribution >= 0.6 is 0 Å². The molecule has 0 spiro atoms. The second-order valence-corrected chi connectivity index (χ2v) is 7.53. The van der Waals surface area contributed by atoms with E-state index >= 15 is 0 Å². The molecule has 0 heterocycles. The van der Waals surface area contributed by atoms with Gasteiger partial charge in [-0.15, -0.1) is 0 Å². The van der Waals surface area contributed by atoms with E-state index in [9.17, 15) is 9.90 Å². The molecule has 2 aliphatic carbocycles. The lowest BCUT2D eigenvalue weighted by Gasteiger charge is -2.35. The van der Waals surface area contributed by atoms with Crippen LogP contribution in [0.4, 0.5) is 4.79 Å². The first-order valence-electron chi connectivity index (χ1n) is 6.87. The maximum absolute atomic E-state index is 11.5. The van der Waals surface area contributed by atoms with E-state index in [2.05, 4.69) is 18.3 Å². The monoisotopic (exact) mass is 267 g/mol. The molecule has 0 radical (unpaired) electrons. The molecule has 0 unspecified atom stereocenters. The van der Waals surface area contributed by atoms with E-state index in [0.717, 1.165) is 12.0 Å². The zero-order valence-corrected chi connectivity index (χ0v) is 12.8. The minimum Gasteiger partial charge on any atom is -0.444 e. The molecule has 0 aliphatic heterocycles. The Morgan fingerprint density at radius 3 is 2.26 bits per heavy atom. The van der Waals surface area contributed by atoms with Crippen LogP contribution in [-0.4, -0.2) is 28.9 Å². The molecule has 2 atom stereocenters. The Bertz CT molecular complexity index is 447. The Hall–Kier alpha value is -1.03. The van der Waals surface area contributed by atoms with Crippen molar-refractivity contribution in [2.24, 2.45) is 10.8 Å². The SMILES string of the molecule is CC(C)(C)OC(=O)NCCC(C)(C)[C@@]1(O)C2=C[C@]21C. The molecular formula is C15H25NO3. The summed E-state index contributed by atoms with van der Waals surface area (Å²) < 4.78 is 5.18. The molecule has 108 valence electrons. The number of carbonyl (C=O) groups excluding carboxylic acids is 1. The Morgan fingerprint density at radius 1 is 1.37 bits per heavy atom. The van der Waals surface area contributed by atoms with Crippen LogP contribution in [0.25, 0.3) is 0 Å². The number of amides is 1. The number of hydrogen-bond donors (Lipinski definition) is 2. The summed E-state index contributed by atoms with van der Waals surface area (Å²) in [7, 11) is 0. The van der Waals surface area contributed by atoms with Gasteiger partial charge in [0.1, 0.15) is 11.2 Å². The number of rotatable bonds is 4. The van der Waals surface area contributed by atoms with Gasteiger partial charge in [0, 0.05) is 17.4 Å². The van der Waals surface area contributed by atoms with Gasteiger partial charge in [-0.2, -0.15) is 0 Å². The first-order chi connectivity index (χ1) is 8.44. The van der Waals surface area contributed by atoms with Crippen molar-refractivity contribution in [2.45, 2.75) is 59.2 Å². The van der Waals surface area contributed by atoms with Crippen molar-refractivity contribution >= 4 is 6.09 Å². The van der Waals surface area contributed by atoms with Crippen LogP contribution in [0.1, 0.15) is 48.0 Å². The summed E-state index contributed by atoms with van der Waals surface area (Å²) in [4.78, 5) is 11.5. The normalized spacial score (nSPS) is 32.3. The smallest absolute Gasteiger partial charge is 0.407 e. The van der Waals surface area contributed by atoms with Gasteiger partial charge >= 0.3 is 6.09 Å². The summed E-state index contributed by atoms with van der Waals surface area (Å²) in [6, 6.07) is 0. The van der Waals surface area contributed by atoms with Crippen LogP contribution in [0.5, 0.6) is 0 Å². The molecule has 0 saturated heterocycles. The minimum absolute atomic E-state index is 0.0670. The Balaban J connectivity index is 1.78. The first-order valence-corrected chi connectivity index (χ1v) is 6.87. The van der Waals surface area contributed by atoms with E-state index < -0.39 is 17.3 Å². The van der Waals surface area contributed by atoms with E-state index in [1.54, 1.807) is 0 Å². The number of nitrogens with one attached hydrogen (secondary N) is 1. The molecule has 0 bridgehead atoms. The lowest BCUT2D eigenvalue weighted by molar-refractivity contribution is -0.00647. The van der Waals surface area contributed by atoms with E-state index in [0.29, 0.717) is 6.54 Å². The third-order valence-corrected chi connectivity index (χ3v) is 4.39. The van der Waals surface area contributed by atoms with Gasteiger partial charge in [-0.25, -0.2) is 4.79 Å². The number of alkyl carbamates (subject to hydrolysis) is 1. The van der Waals surface area contributed by atoms with Crippen molar-refractivity contribution in [3.63, 3.8) is 0 Å². The van der Waals surface area contributed by atoms with Gasteiger partial charge in [0.15, 0.2) is 0 Å². The third-order valence-electron chi connectivity index (χ3n) is 4.39. The zero-order chi connectivity index (χ0) is 14.7. The van der Waals surface area contributed by atoms with Gasteiger partial charge < -0.3 is 15.2 Å². The van der Waals surface area contributed by atoms with Gasteiger partial charge in [-0.05, 0) is 39.7 Å².